The number of tetrazole rings is 1. The number of rotatable bonds is 0. The van der Waals surface area contributed by atoms with Crippen LogP contribution in [-0.2, 0) is 43.3 Å². The predicted molar refractivity (Wildman–Crippen MR) is 341 cm³/mol. The highest BCUT2D eigenvalue weighted by molar-refractivity contribution is 5.60. The number of phenolic OH excluding ortho intramolecular Hbond substituents is 1. The summed E-state index contributed by atoms with van der Waals surface area (Å²) in [6.45, 7) is 57.1. The number of benzene rings is 1. The van der Waals surface area contributed by atoms with Gasteiger partial charge in [0.1, 0.15) is 23.7 Å². The van der Waals surface area contributed by atoms with Gasteiger partial charge in [0.2, 0.25) is 0 Å². The molecule has 7 aromatic heterocycles. The van der Waals surface area contributed by atoms with Crippen molar-refractivity contribution < 1.29 is 5.11 Å². The second kappa shape index (κ2) is 31.9. The van der Waals surface area contributed by atoms with Crippen molar-refractivity contribution >= 4 is 6.21 Å². The van der Waals surface area contributed by atoms with E-state index in [9.17, 15) is 9.90 Å². The molecule has 22 nitrogen and oxygen atoms in total. The number of hydrogen-bond donors (Lipinski definition) is 10. The Morgan fingerprint density at radius 3 is 1.37 bits per heavy atom. The number of nitrogens with one attached hydrogen (secondary N) is 9. The lowest BCUT2D eigenvalue weighted by Crippen LogP contribution is -2.33. The van der Waals surface area contributed by atoms with Gasteiger partial charge < -0.3 is 20.5 Å². The maximum atomic E-state index is 10.6. The quantitative estimate of drug-likeness (QED) is 0.0676. The third-order valence-corrected chi connectivity index (χ3v) is 12.0. The van der Waals surface area contributed by atoms with Gasteiger partial charge in [0, 0.05) is 86.2 Å². The lowest BCUT2D eigenvalue weighted by Gasteiger charge is -2.25. The summed E-state index contributed by atoms with van der Waals surface area (Å²) >= 11 is 0. The summed E-state index contributed by atoms with van der Waals surface area (Å²) in [7, 11) is 0. The zero-order valence-electron chi connectivity index (χ0n) is 56.1. The fraction of sp³-hybridized carbons (Fsp3) is 0.613. The van der Waals surface area contributed by atoms with Crippen molar-refractivity contribution in [2.24, 2.45) is 10.5 Å². The Bertz CT molecular complexity index is 2610. The molecular formula is C62H108N20O2. The van der Waals surface area contributed by atoms with E-state index in [-0.39, 0.29) is 49.0 Å². The molecule has 1 aliphatic rings. The van der Waals surface area contributed by atoms with Crippen molar-refractivity contribution in [3.05, 3.63) is 136 Å². The van der Waals surface area contributed by atoms with Crippen molar-refractivity contribution in [1.29, 1.82) is 0 Å². The fourth-order valence-electron chi connectivity index (χ4n) is 6.38. The molecule has 84 heavy (non-hydrogen) atoms. The zero-order valence-corrected chi connectivity index (χ0v) is 56.1. The molecule has 0 bridgehead atoms. The summed E-state index contributed by atoms with van der Waals surface area (Å²) in [5, 5.41) is 56.6. The monoisotopic (exact) mass is 1160 g/mol. The van der Waals surface area contributed by atoms with Crippen LogP contribution in [0.5, 0.6) is 5.75 Å². The van der Waals surface area contributed by atoms with Gasteiger partial charge in [-0.15, -0.1) is 10.2 Å². The van der Waals surface area contributed by atoms with E-state index in [0.29, 0.717) is 23.0 Å². The number of hydrogen-bond acceptors (Lipinski definition) is 14. The molecule has 468 valence electrons. The van der Waals surface area contributed by atoms with Crippen LogP contribution in [-0.4, -0.2) is 109 Å². The highest BCUT2D eigenvalue weighted by atomic mass is 16.3. The summed E-state index contributed by atoms with van der Waals surface area (Å²) < 4.78 is 0. The molecule has 8 heterocycles. The Balaban J connectivity index is 0.000000473. The van der Waals surface area contributed by atoms with Gasteiger partial charge in [0.25, 0.3) is 0 Å². The molecule has 9 rings (SSSR count). The van der Waals surface area contributed by atoms with Crippen LogP contribution in [0.2, 0.25) is 0 Å². The molecule has 8 aromatic rings. The Labute approximate surface area is 501 Å². The Hall–Kier alpha value is -7.52. The molecule has 0 saturated carbocycles. The molecule has 0 radical (unpaired) electrons. The average Bonchev–Trinajstić information content (AvgIpc) is 4.31. The summed E-state index contributed by atoms with van der Waals surface area (Å²) in [5.41, 5.74) is 9.67. The molecule has 0 aliphatic carbocycles. The summed E-state index contributed by atoms with van der Waals surface area (Å²) in [6, 6.07) is 14.1. The minimum Gasteiger partial charge on any atom is -0.508 e. The molecule has 0 fully saturated rings. The zero-order chi connectivity index (χ0) is 64.6. The molecular weight excluding hydrogens is 1060 g/mol. The van der Waals surface area contributed by atoms with E-state index in [0.717, 1.165) is 29.3 Å². The molecule has 1 aromatic carbocycles. The second-order valence-electron chi connectivity index (χ2n) is 29.6. The lowest BCUT2D eigenvalue weighted by molar-refractivity contribution is 0.291. The topological polar surface area (TPSA) is 317 Å². The number of aromatic amines is 8. The van der Waals surface area contributed by atoms with Crippen LogP contribution in [0.3, 0.4) is 0 Å². The molecule has 10 N–H and O–H groups in total. The number of aromatic nitrogens is 18. The lowest BCUT2D eigenvalue weighted by atomic mass is 9.86. The van der Waals surface area contributed by atoms with Gasteiger partial charge in [0.05, 0.1) is 24.3 Å². The Kier molecular flexibility index (Phi) is 28.3. The molecule has 1 unspecified atom stereocenters. The average molecular weight is 1170 g/mol. The first-order valence-electron chi connectivity index (χ1n) is 28.5. The Morgan fingerprint density at radius 2 is 1.13 bits per heavy atom. The maximum Gasteiger partial charge on any atom is 0.340 e. The minimum atomic E-state index is -0.245. The van der Waals surface area contributed by atoms with E-state index in [1.807, 2.05) is 90.5 Å². The van der Waals surface area contributed by atoms with Gasteiger partial charge in [-0.2, -0.15) is 41.0 Å². The first-order valence-corrected chi connectivity index (χ1v) is 28.5. The highest BCUT2D eigenvalue weighted by Crippen LogP contribution is 2.30. The number of para-hydroxylation sites is 1. The van der Waals surface area contributed by atoms with Gasteiger partial charge in [-0.25, -0.2) is 19.9 Å². The van der Waals surface area contributed by atoms with Crippen LogP contribution in [0.1, 0.15) is 239 Å². The van der Waals surface area contributed by atoms with Crippen molar-refractivity contribution in [3.8, 4) is 5.75 Å². The largest absolute Gasteiger partial charge is 0.508 e. The minimum absolute atomic E-state index is 0.00694. The number of imidazole rings is 1. The molecule has 0 spiro atoms. The van der Waals surface area contributed by atoms with E-state index < -0.39 is 0 Å². The molecule has 1 atom stereocenters. The smallest absolute Gasteiger partial charge is 0.340 e. The molecule has 22 heteroatoms. The number of phenols is 1. The molecule has 1 aliphatic heterocycles. The maximum absolute atomic E-state index is 10.6. The summed E-state index contributed by atoms with van der Waals surface area (Å²) in [5.74, 6) is 2.77. The van der Waals surface area contributed by atoms with Crippen LogP contribution in [0.15, 0.2) is 89.8 Å². The number of aromatic hydroxyl groups is 1. The standard InChI is InChI=1S/C10H14O.C8H13N.C7H12N2.C7H14N2.C7H12N2.C6H11N3O.2C6H11N3.C5H10N4/c1-10(2,3)8-6-4-5-7-9(8)11;1-8(2,3)7-5-4-6-9-7;1-7(2,3)6-4-8-5-9-6;2*1-7(2,3)6-4-5-8-9-6;1-6(2,3)4-7-5(10)9-8-4;1-6(2,3)5-7-4-8-9-5;1-6(2,3)5-4-7-9-8-5;1-5(2,3)4-6-8-9-7-4/h4-7,11H,1-3H3;4-6,9H,1-3H3;4-5H,1-3H3,(H,8,9);5-6,9H,4H2,1-3H3;4-5H,1-3H3,(H,8,9);1-3H3,(H2,7,8,9,10);2*4H,1-3H3,(H,7,8,9);1-3H3,(H,6,7,8,9). The van der Waals surface area contributed by atoms with Crippen molar-refractivity contribution in [2.75, 3.05) is 0 Å². The van der Waals surface area contributed by atoms with Crippen LogP contribution in [0.4, 0.5) is 0 Å². The number of H-pyrrole nitrogens is 8. The van der Waals surface area contributed by atoms with Crippen LogP contribution in [0.25, 0.3) is 0 Å². The van der Waals surface area contributed by atoms with E-state index in [1.165, 1.54) is 23.4 Å². The third-order valence-electron chi connectivity index (χ3n) is 12.0. The van der Waals surface area contributed by atoms with Crippen LogP contribution in [0, 0.1) is 5.41 Å². The van der Waals surface area contributed by atoms with E-state index >= 15 is 0 Å². The predicted octanol–water partition coefficient (Wildman–Crippen LogP) is 12.9. The molecule has 0 amide bonds. The normalized spacial score (nSPS) is 13.4. The highest BCUT2D eigenvalue weighted by Gasteiger charge is 2.25. The van der Waals surface area contributed by atoms with Gasteiger partial charge in [-0.3, -0.25) is 15.2 Å². The van der Waals surface area contributed by atoms with Gasteiger partial charge >= 0.3 is 5.69 Å². The summed E-state index contributed by atoms with van der Waals surface area (Å²) in [4.78, 5) is 27.4. The van der Waals surface area contributed by atoms with E-state index in [4.69, 9.17) is 0 Å². The van der Waals surface area contributed by atoms with Crippen molar-refractivity contribution in [1.82, 2.24) is 97.0 Å². The van der Waals surface area contributed by atoms with Crippen LogP contribution >= 0.6 is 0 Å². The SMILES string of the molecule is CC(C)(C)C1CC=NN1.CC(C)(C)c1ccc[nH]1.CC(C)(C)c1ccccc1O.CC(C)(C)c1ccn[nH]1.CC(C)(C)c1cn[nH]n1.CC(C)(C)c1cnc[nH]1.CC(C)(C)c1n[nH]c(=O)[nH]1.CC(C)(C)c1ncn[nH]1.CC(C)(C)c1nn[nH]n1. The van der Waals surface area contributed by atoms with Gasteiger partial charge in [-0.1, -0.05) is 210 Å². The van der Waals surface area contributed by atoms with Crippen molar-refractivity contribution in [2.45, 2.75) is 243 Å². The third kappa shape index (κ3) is 30.2. The number of hydrazone groups is 1. The Morgan fingerprint density at radius 1 is 0.524 bits per heavy atom. The molecule has 0 saturated heterocycles. The number of nitrogens with zero attached hydrogens (tertiary/aromatic N) is 11. The van der Waals surface area contributed by atoms with Gasteiger partial charge in [0.15, 0.2) is 5.82 Å². The van der Waals surface area contributed by atoms with Gasteiger partial charge in [-0.05, 0) is 40.7 Å². The van der Waals surface area contributed by atoms with E-state index in [2.05, 4.69) is 254 Å². The summed E-state index contributed by atoms with van der Waals surface area (Å²) in [6.07, 6.45) is 13.6. The first kappa shape index (κ1) is 74.5. The second-order valence-corrected chi connectivity index (χ2v) is 29.6. The van der Waals surface area contributed by atoms with Crippen molar-refractivity contribution in [3.63, 3.8) is 0 Å². The van der Waals surface area contributed by atoms with Crippen LogP contribution < -0.4 is 11.1 Å². The first-order chi connectivity index (χ1) is 38.3. The van der Waals surface area contributed by atoms with E-state index in [1.54, 1.807) is 24.8 Å². The fourth-order valence-corrected chi connectivity index (χ4v) is 6.38.